The molecule has 0 aliphatic carbocycles. The molecule has 0 aliphatic heterocycles. The van der Waals surface area contributed by atoms with Gasteiger partial charge in [0, 0.05) is 18.2 Å². The highest BCUT2D eigenvalue weighted by atomic mass is 16.3. The minimum absolute atomic E-state index is 0.282. The molecule has 3 nitrogen and oxygen atoms in total. The van der Waals surface area contributed by atoms with Crippen LogP contribution in [0.5, 0.6) is 0 Å². The molecule has 1 heterocycles. The van der Waals surface area contributed by atoms with Crippen molar-refractivity contribution < 1.29 is 4.42 Å². The van der Waals surface area contributed by atoms with Crippen molar-refractivity contribution in [2.75, 3.05) is 14.1 Å². The zero-order valence-corrected chi connectivity index (χ0v) is 12.0. The average Bonchev–Trinajstić information content (AvgIpc) is 2.64. The van der Waals surface area contributed by atoms with Crippen molar-refractivity contribution in [2.45, 2.75) is 46.8 Å². The summed E-state index contributed by atoms with van der Waals surface area (Å²) in [5.74, 6) is 1.07. The van der Waals surface area contributed by atoms with Crippen molar-refractivity contribution in [3.8, 4) is 0 Å². The predicted octanol–water partition coefficient (Wildman–Crippen LogP) is 2.87. The molecule has 1 N–H and O–H groups in total. The summed E-state index contributed by atoms with van der Waals surface area (Å²) in [4.78, 5) is 2.35. The van der Waals surface area contributed by atoms with E-state index in [2.05, 4.69) is 45.0 Å². The molecular weight excluding hydrogens is 212 g/mol. The van der Waals surface area contributed by atoms with Gasteiger partial charge in [0.15, 0.2) is 0 Å². The maximum atomic E-state index is 5.57. The van der Waals surface area contributed by atoms with Crippen LogP contribution in [0.1, 0.15) is 39.0 Å². The molecule has 1 rings (SSSR count). The summed E-state index contributed by atoms with van der Waals surface area (Å²) < 4.78 is 5.57. The SMILES string of the molecule is CNCc1ccoc1CN(C)C(C)C(C)(C)C. The van der Waals surface area contributed by atoms with Gasteiger partial charge in [0.05, 0.1) is 12.8 Å². The molecule has 0 saturated heterocycles. The molecule has 1 aromatic heterocycles. The van der Waals surface area contributed by atoms with E-state index in [9.17, 15) is 0 Å². The molecule has 1 atom stereocenters. The molecule has 0 aliphatic rings. The number of nitrogens with zero attached hydrogens (tertiary/aromatic N) is 1. The molecule has 0 amide bonds. The highest BCUT2D eigenvalue weighted by Crippen LogP contribution is 2.25. The van der Waals surface area contributed by atoms with Crippen molar-refractivity contribution in [2.24, 2.45) is 5.41 Å². The summed E-state index contributed by atoms with van der Waals surface area (Å²) in [7, 11) is 4.11. The zero-order chi connectivity index (χ0) is 13.1. The van der Waals surface area contributed by atoms with E-state index in [0.717, 1.165) is 18.8 Å². The van der Waals surface area contributed by atoms with Crippen molar-refractivity contribution in [3.05, 3.63) is 23.7 Å². The standard InChI is InChI=1S/C14H26N2O/c1-11(14(2,3)4)16(6)10-13-12(9-15-5)7-8-17-13/h7-8,11,15H,9-10H2,1-6H3. The highest BCUT2D eigenvalue weighted by Gasteiger charge is 2.24. The molecule has 17 heavy (non-hydrogen) atoms. The van der Waals surface area contributed by atoms with E-state index < -0.39 is 0 Å². The molecule has 0 bridgehead atoms. The Balaban J connectivity index is 2.67. The Hall–Kier alpha value is -0.800. The van der Waals surface area contributed by atoms with Crippen LogP contribution >= 0.6 is 0 Å². The lowest BCUT2D eigenvalue weighted by Gasteiger charge is -2.35. The molecule has 98 valence electrons. The first-order valence-corrected chi connectivity index (χ1v) is 6.26. The molecule has 1 aromatic rings. The van der Waals surface area contributed by atoms with Crippen molar-refractivity contribution in [3.63, 3.8) is 0 Å². The maximum absolute atomic E-state index is 5.57. The first-order chi connectivity index (χ1) is 7.86. The van der Waals surface area contributed by atoms with Crippen LogP contribution in [-0.2, 0) is 13.1 Å². The van der Waals surface area contributed by atoms with Crippen LogP contribution in [-0.4, -0.2) is 25.0 Å². The van der Waals surface area contributed by atoms with E-state index in [-0.39, 0.29) is 5.41 Å². The first kappa shape index (κ1) is 14.3. The number of hydrogen-bond acceptors (Lipinski definition) is 3. The molecule has 0 spiro atoms. The molecule has 3 heteroatoms. The fourth-order valence-corrected chi connectivity index (χ4v) is 1.88. The fourth-order valence-electron chi connectivity index (χ4n) is 1.88. The average molecular weight is 238 g/mol. The van der Waals surface area contributed by atoms with Crippen molar-refractivity contribution in [1.29, 1.82) is 0 Å². The second kappa shape index (κ2) is 5.69. The van der Waals surface area contributed by atoms with Crippen LogP contribution in [0.15, 0.2) is 16.7 Å². The Labute approximate surface area is 105 Å². The summed E-state index contributed by atoms with van der Waals surface area (Å²) in [5.41, 5.74) is 1.53. The lowest BCUT2D eigenvalue weighted by Crippen LogP contribution is -2.38. The summed E-state index contributed by atoms with van der Waals surface area (Å²) >= 11 is 0. The topological polar surface area (TPSA) is 28.4 Å². The van der Waals surface area contributed by atoms with Gasteiger partial charge in [-0.2, -0.15) is 0 Å². The van der Waals surface area contributed by atoms with Crippen LogP contribution in [0, 0.1) is 5.41 Å². The molecule has 0 aromatic carbocycles. The van der Waals surface area contributed by atoms with E-state index >= 15 is 0 Å². The second-order valence-corrected chi connectivity index (χ2v) is 5.86. The Morgan fingerprint density at radius 2 is 2.06 bits per heavy atom. The second-order valence-electron chi connectivity index (χ2n) is 5.86. The number of hydrogen-bond donors (Lipinski definition) is 1. The molecule has 0 fully saturated rings. The third kappa shape index (κ3) is 3.86. The smallest absolute Gasteiger partial charge is 0.122 e. The lowest BCUT2D eigenvalue weighted by molar-refractivity contribution is 0.126. The quantitative estimate of drug-likeness (QED) is 0.855. The summed E-state index contributed by atoms with van der Waals surface area (Å²) in [5, 5.41) is 3.16. The van der Waals surface area contributed by atoms with Crippen LogP contribution in [0.4, 0.5) is 0 Å². The Kier molecular flexibility index (Phi) is 4.78. The molecule has 0 radical (unpaired) electrons. The summed E-state index contributed by atoms with van der Waals surface area (Å²) in [6.07, 6.45) is 1.78. The number of furan rings is 1. The summed E-state index contributed by atoms with van der Waals surface area (Å²) in [6.45, 7) is 10.8. The molecule has 1 unspecified atom stereocenters. The van der Waals surface area contributed by atoms with Gasteiger partial charge in [-0.3, -0.25) is 4.90 Å². The van der Waals surface area contributed by atoms with Gasteiger partial charge in [-0.05, 0) is 32.5 Å². The van der Waals surface area contributed by atoms with Gasteiger partial charge in [-0.15, -0.1) is 0 Å². The van der Waals surface area contributed by atoms with Crippen LogP contribution < -0.4 is 5.32 Å². The van der Waals surface area contributed by atoms with E-state index in [1.54, 1.807) is 6.26 Å². The van der Waals surface area contributed by atoms with Crippen molar-refractivity contribution >= 4 is 0 Å². The maximum Gasteiger partial charge on any atom is 0.122 e. The molecule has 0 saturated carbocycles. The predicted molar refractivity (Wildman–Crippen MR) is 71.9 cm³/mol. The van der Waals surface area contributed by atoms with E-state index in [0.29, 0.717) is 6.04 Å². The van der Waals surface area contributed by atoms with E-state index in [1.807, 2.05) is 13.1 Å². The van der Waals surface area contributed by atoms with Gasteiger partial charge in [0.1, 0.15) is 5.76 Å². The number of nitrogens with one attached hydrogen (secondary N) is 1. The summed E-state index contributed by atoms with van der Waals surface area (Å²) in [6, 6.07) is 2.55. The Morgan fingerprint density at radius 1 is 1.41 bits per heavy atom. The zero-order valence-electron chi connectivity index (χ0n) is 12.0. The van der Waals surface area contributed by atoms with E-state index in [4.69, 9.17) is 4.42 Å². The van der Waals surface area contributed by atoms with Crippen molar-refractivity contribution in [1.82, 2.24) is 10.2 Å². The molecular formula is C14H26N2O. The van der Waals surface area contributed by atoms with Crippen LogP contribution in [0.25, 0.3) is 0 Å². The fraction of sp³-hybridized carbons (Fsp3) is 0.714. The van der Waals surface area contributed by atoms with E-state index in [1.165, 1.54) is 5.56 Å². The van der Waals surface area contributed by atoms with Crippen LogP contribution in [0.2, 0.25) is 0 Å². The Morgan fingerprint density at radius 3 is 2.59 bits per heavy atom. The Bertz CT molecular complexity index is 338. The third-order valence-electron chi connectivity index (χ3n) is 3.51. The largest absolute Gasteiger partial charge is 0.468 e. The first-order valence-electron chi connectivity index (χ1n) is 6.26. The van der Waals surface area contributed by atoms with Gasteiger partial charge in [0.25, 0.3) is 0 Å². The minimum Gasteiger partial charge on any atom is -0.468 e. The van der Waals surface area contributed by atoms with Gasteiger partial charge in [0.2, 0.25) is 0 Å². The lowest BCUT2D eigenvalue weighted by atomic mass is 9.87. The van der Waals surface area contributed by atoms with Gasteiger partial charge in [-0.1, -0.05) is 20.8 Å². The van der Waals surface area contributed by atoms with Gasteiger partial charge < -0.3 is 9.73 Å². The highest BCUT2D eigenvalue weighted by molar-refractivity contribution is 5.16. The van der Waals surface area contributed by atoms with Crippen LogP contribution in [0.3, 0.4) is 0 Å². The monoisotopic (exact) mass is 238 g/mol. The normalized spacial score (nSPS) is 14.3. The van der Waals surface area contributed by atoms with Gasteiger partial charge in [-0.25, -0.2) is 0 Å². The number of rotatable bonds is 5. The third-order valence-corrected chi connectivity index (χ3v) is 3.51. The van der Waals surface area contributed by atoms with Gasteiger partial charge >= 0.3 is 0 Å². The minimum atomic E-state index is 0.282.